The van der Waals surface area contributed by atoms with Gasteiger partial charge < -0.3 is 15.5 Å². The summed E-state index contributed by atoms with van der Waals surface area (Å²) in [5.41, 5.74) is 4.87. The Morgan fingerprint density at radius 1 is 1.12 bits per heavy atom. The summed E-state index contributed by atoms with van der Waals surface area (Å²) < 4.78 is 0. The van der Waals surface area contributed by atoms with E-state index in [2.05, 4.69) is 10.6 Å². The summed E-state index contributed by atoms with van der Waals surface area (Å²) in [6.45, 7) is 2.79. The van der Waals surface area contributed by atoms with Crippen molar-refractivity contribution in [2.75, 3.05) is 22.1 Å². The van der Waals surface area contributed by atoms with Crippen LogP contribution in [0.15, 0.2) is 42.5 Å². The van der Waals surface area contributed by atoms with Crippen LogP contribution < -0.4 is 15.5 Å². The van der Waals surface area contributed by atoms with E-state index in [0.29, 0.717) is 6.42 Å². The maximum atomic E-state index is 12.9. The van der Waals surface area contributed by atoms with Crippen molar-refractivity contribution in [2.24, 2.45) is 0 Å². The van der Waals surface area contributed by atoms with E-state index in [-0.39, 0.29) is 17.9 Å². The molecule has 0 aromatic heterocycles. The summed E-state index contributed by atoms with van der Waals surface area (Å²) in [4.78, 5) is 26.2. The number of rotatable bonds is 3. The van der Waals surface area contributed by atoms with Crippen LogP contribution in [0.4, 0.5) is 17.1 Å². The lowest BCUT2D eigenvalue weighted by molar-refractivity contribution is -0.120. The first-order valence-corrected chi connectivity index (χ1v) is 8.67. The van der Waals surface area contributed by atoms with Gasteiger partial charge in [0.1, 0.15) is 6.04 Å². The molecule has 4 rings (SSSR count). The molecule has 1 unspecified atom stereocenters. The molecule has 128 valence electrons. The highest BCUT2D eigenvalue weighted by Crippen LogP contribution is 2.28. The van der Waals surface area contributed by atoms with Gasteiger partial charge in [-0.1, -0.05) is 17.7 Å². The first kappa shape index (κ1) is 15.7. The fourth-order valence-electron chi connectivity index (χ4n) is 3.51. The van der Waals surface area contributed by atoms with Gasteiger partial charge >= 0.3 is 0 Å². The third kappa shape index (κ3) is 3.09. The van der Waals surface area contributed by atoms with Crippen LogP contribution in [0.3, 0.4) is 0 Å². The molecule has 2 aromatic carbocycles. The van der Waals surface area contributed by atoms with Gasteiger partial charge in [0.05, 0.1) is 6.42 Å². The number of hydrogen-bond acceptors (Lipinski definition) is 3. The predicted molar refractivity (Wildman–Crippen MR) is 99.0 cm³/mol. The summed E-state index contributed by atoms with van der Waals surface area (Å²) in [6.07, 6.45) is 2.18. The number of fused-ring (bicyclic) bond motifs is 1. The van der Waals surface area contributed by atoms with E-state index in [1.165, 1.54) is 5.56 Å². The molecule has 5 heteroatoms. The van der Waals surface area contributed by atoms with E-state index in [4.69, 9.17) is 0 Å². The maximum absolute atomic E-state index is 12.9. The normalized spacial score (nSPS) is 19.6. The fourth-order valence-corrected chi connectivity index (χ4v) is 3.51. The molecule has 5 nitrogen and oxygen atoms in total. The summed E-state index contributed by atoms with van der Waals surface area (Å²) in [5.74, 6) is 0.122. The summed E-state index contributed by atoms with van der Waals surface area (Å²) in [7, 11) is 0. The van der Waals surface area contributed by atoms with Gasteiger partial charge in [0.25, 0.3) is 0 Å². The molecule has 2 aliphatic rings. The third-order valence-electron chi connectivity index (χ3n) is 4.86. The lowest BCUT2D eigenvalue weighted by Gasteiger charge is -2.33. The Labute approximate surface area is 147 Å². The minimum absolute atomic E-state index is 0.0199. The smallest absolute Gasteiger partial charge is 0.249 e. The molecule has 1 saturated heterocycles. The molecule has 25 heavy (non-hydrogen) atoms. The summed E-state index contributed by atoms with van der Waals surface area (Å²) in [6, 6.07) is 13.6. The zero-order chi connectivity index (χ0) is 17.4. The van der Waals surface area contributed by atoms with Gasteiger partial charge in [0.15, 0.2) is 0 Å². The highest BCUT2D eigenvalue weighted by Gasteiger charge is 2.30. The molecule has 0 bridgehead atoms. The van der Waals surface area contributed by atoms with E-state index in [1.807, 2.05) is 54.3 Å². The predicted octanol–water partition coefficient (Wildman–Crippen LogP) is 3.10. The maximum Gasteiger partial charge on any atom is 0.249 e. The molecular weight excluding hydrogens is 314 g/mol. The largest absolute Gasteiger partial charge is 0.374 e. The topological polar surface area (TPSA) is 61.4 Å². The Hall–Kier alpha value is -2.82. The monoisotopic (exact) mass is 335 g/mol. The van der Waals surface area contributed by atoms with Gasteiger partial charge in [0, 0.05) is 23.6 Å². The van der Waals surface area contributed by atoms with Crippen molar-refractivity contribution in [3.05, 3.63) is 53.6 Å². The quantitative estimate of drug-likeness (QED) is 0.906. The molecule has 2 amide bonds. The van der Waals surface area contributed by atoms with Crippen LogP contribution in [-0.4, -0.2) is 24.4 Å². The number of carbonyl (C=O) groups is 2. The van der Waals surface area contributed by atoms with Gasteiger partial charge in [-0.2, -0.15) is 0 Å². The first-order chi connectivity index (χ1) is 12.1. The number of benzene rings is 2. The highest BCUT2D eigenvalue weighted by molar-refractivity contribution is 6.01. The molecule has 0 saturated carbocycles. The first-order valence-electron chi connectivity index (χ1n) is 8.67. The SMILES string of the molecule is Cc1ccc(N2CCCC(Nc3ccc4c(c3)CC(=O)N4)C2=O)cc1. The number of amides is 2. The van der Waals surface area contributed by atoms with Crippen LogP contribution in [0.1, 0.15) is 24.0 Å². The molecule has 0 aliphatic carbocycles. The average molecular weight is 335 g/mol. The van der Waals surface area contributed by atoms with E-state index in [0.717, 1.165) is 42.0 Å². The van der Waals surface area contributed by atoms with Crippen molar-refractivity contribution in [3.63, 3.8) is 0 Å². The lowest BCUT2D eigenvalue weighted by atomic mass is 10.0. The minimum Gasteiger partial charge on any atom is -0.374 e. The molecule has 0 radical (unpaired) electrons. The van der Waals surface area contributed by atoms with E-state index >= 15 is 0 Å². The molecule has 2 N–H and O–H groups in total. The number of nitrogens with one attached hydrogen (secondary N) is 2. The van der Waals surface area contributed by atoms with Crippen molar-refractivity contribution in [2.45, 2.75) is 32.2 Å². The van der Waals surface area contributed by atoms with Crippen LogP contribution in [0, 0.1) is 6.92 Å². The molecule has 2 aliphatic heterocycles. The Bertz CT molecular complexity index is 829. The van der Waals surface area contributed by atoms with Gasteiger partial charge in [0.2, 0.25) is 11.8 Å². The van der Waals surface area contributed by atoms with Crippen LogP contribution in [-0.2, 0) is 16.0 Å². The molecular formula is C20H21N3O2. The van der Waals surface area contributed by atoms with Crippen LogP contribution in [0.25, 0.3) is 0 Å². The second-order valence-electron chi connectivity index (χ2n) is 6.76. The van der Waals surface area contributed by atoms with Crippen molar-refractivity contribution in [1.82, 2.24) is 0 Å². The molecule has 0 spiro atoms. The molecule has 1 atom stereocenters. The van der Waals surface area contributed by atoms with Gasteiger partial charge in [-0.25, -0.2) is 0 Å². The summed E-state index contributed by atoms with van der Waals surface area (Å²) in [5, 5.41) is 6.18. The molecule has 1 fully saturated rings. The van der Waals surface area contributed by atoms with Gasteiger partial charge in [-0.15, -0.1) is 0 Å². The van der Waals surface area contributed by atoms with Crippen LogP contribution in [0.2, 0.25) is 0 Å². The zero-order valence-corrected chi connectivity index (χ0v) is 14.2. The van der Waals surface area contributed by atoms with Crippen molar-refractivity contribution < 1.29 is 9.59 Å². The molecule has 2 heterocycles. The Kier molecular flexibility index (Phi) is 3.92. The second-order valence-corrected chi connectivity index (χ2v) is 6.76. The number of hydrogen-bond donors (Lipinski definition) is 2. The van der Waals surface area contributed by atoms with E-state index < -0.39 is 0 Å². The Balaban J connectivity index is 1.51. The third-order valence-corrected chi connectivity index (χ3v) is 4.86. The van der Waals surface area contributed by atoms with Crippen molar-refractivity contribution >= 4 is 28.9 Å². The zero-order valence-electron chi connectivity index (χ0n) is 14.2. The standard InChI is InChI=1S/C20H21N3O2/c1-13-4-7-16(8-5-13)23-10-2-3-18(20(23)25)21-15-6-9-17-14(11-15)12-19(24)22-17/h4-9,11,18,21H,2-3,10,12H2,1H3,(H,22,24). The van der Waals surface area contributed by atoms with Crippen molar-refractivity contribution in [1.29, 1.82) is 0 Å². The number of carbonyl (C=O) groups excluding carboxylic acids is 2. The average Bonchev–Trinajstić information content (AvgIpc) is 2.97. The minimum atomic E-state index is -0.238. The van der Waals surface area contributed by atoms with Crippen molar-refractivity contribution in [3.8, 4) is 0 Å². The second kappa shape index (κ2) is 6.24. The molecule has 2 aromatic rings. The number of nitrogens with zero attached hydrogens (tertiary/aromatic N) is 1. The van der Waals surface area contributed by atoms with Crippen LogP contribution >= 0.6 is 0 Å². The number of piperidine rings is 1. The Morgan fingerprint density at radius 3 is 2.72 bits per heavy atom. The van der Waals surface area contributed by atoms with E-state index in [9.17, 15) is 9.59 Å². The lowest BCUT2D eigenvalue weighted by Crippen LogP contribution is -2.47. The fraction of sp³-hybridized carbons (Fsp3) is 0.300. The van der Waals surface area contributed by atoms with E-state index in [1.54, 1.807) is 0 Å². The summed E-state index contributed by atoms with van der Waals surface area (Å²) >= 11 is 0. The number of anilines is 3. The number of aryl methyl sites for hydroxylation is 1. The van der Waals surface area contributed by atoms with Gasteiger partial charge in [-0.05, 0) is 55.7 Å². The van der Waals surface area contributed by atoms with Gasteiger partial charge in [-0.3, -0.25) is 9.59 Å². The van der Waals surface area contributed by atoms with Crippen LogP contribution in [0.5, 0.6) is 0 Å². The highest BCUT2D eigenvalue weighted by atomic mass is 16.2. The Morgan fingerprint density at radius 2 is 1.92 bits per heavy atom.